The fourth-order valence-corrected chi connectivity index (χ4v) is 10.9. The molecule has 2 aromatic carbocycles. The van der Waals surface area contributed by atoms with Gasteiger partial charge in [0.15, 0.2) is 0 Å². The van der Waals surface area contributed by atoms with E-state index in [0.717, 1.165) is 124 Å². The third-order valence-corrected chi connectivity index (χ3v) is 14.6. The van der Waals surface area contributed by atoms with Gasteiger partial charge in [-0.05, 0) is 87.5 Å². The van der Waals surface area contributed by atoms with Gasteiger partial charge in [0, 0.05) is 49.6 Å². The Balaban J connectivity index is 1.04. The summed E-state index contributed by atoms with van der Waals surface area (Å²) in [5, 5.41) is 5.75. The molecule has 2 aromatic heterocycles. The van der Waals surface area contributed by atoms with Gasteiger partial charge in [-0.25, -0.2) is 19.6 Å². The van der Waals surface area contributed by atoms with E-state index < -0.39 is 24.3 Å². The molecule has 8 rings (SSSR count). The largest absolute Gasteiger partial charge is 0.491 e. The van der Waals surface area contributed by atoms with Crippen LogP contribution in [-0.2, 0) is 28.5 Å². The highest BCUT2D eigenvalue weighted by molar-refractivity contribution is 5.88. The zero-order chi connectivity index (χ0) is 49.0. The lowest BCUT2D eigenvalue weighted by Crippen LogP contribution is -2.52. The van der Waals surface area contributed by atoms with Gasteiger partial charge in [-0.2, -0.15) is 0 Å². The van der Waals surface area contributed by atoms with Crippen molar-refractivity contribution in [2.24, 2.45) is 11.8 Å². The van der Waals surface area contributed by atoms with Crippen molar-refractivity contribution in [1.29, 1.82) is 0 Å². The maximum absolute atomic E-state index is 14.2. The maximum Gasteiger partial charge on any atom is 0.407 e. The Morgan fingerprint density at radius 3 is 1.37 bits per heavy atom. The summed E-state index contributed by atoms with van der Waals surface area (Å²) in [6, 6.07) is 10.1. The Labute approximate surface area is 410 Å². The van der Waals surface area contributed by atoms with Gasteiger partial charge in [0.2, 0.25) is 11.8 Å². The fourth-order valence-electron chi connectivity index (χ4n) is 10.9. The van der Waals surface area contributed by atoms with E-state index in [2.05, 4.69) is 20.6 Å². The molecule has 4 amide bonds. The average molecular weight is 967 g/mol. The molecule has 18 nitrogen and oxygen atoms in total. The molecule has 2 aliphatic heterocycles. The number of nitrogens with one attached hydrogen (secondary N) is 4. The lowest BCUT2D eigenvalue weighted by atomic mass is 9.83. The molecule has 4 aliphatic rings. The average Bonchev–Trinajstić information content (AvgIpc) is 4.26. The number of H-pyrrole nitrogens is 2. The monoisotopic (exact) mass is 967 g/mol. The lowest BCUT2D eigenvalue weighted by molar-refractivity contribution is -0.136. The first-order chi connectivity index (χ1) is 34.2. The number of imidazole rings is 2. The van der Waals surface area contributed by atoms with E-state index in [1.807, 2.05) is 46.2 Å². The molecule has 4 unspecified atom stereocenters. The first-order valence-electron chi connectivity index (χ1n) is 25.1. The summed E-state index contributed by atoms with van der Waals surface area (Å²) in [5.41, 5.74) is 4.82. The summed E-state index contributed by atoms with van der Waals surface area (Å²) < 4.78 is 33.5. The van der Waals surface area contributed by atoms with E-state index in [0.29, 0.717) is 62.7 Å². The quantitative estimate of drug-likeness (QED) is 0.0657. The molecule has 2 saturated heterocycles. The topological polar surface area (TPSA) is 212 Å². The standard InChI is InChI=1S/C52H70N8O10/c1-65-25-27-69-43-29-35(39-31-53-47(55-39)41-17-11-23-59(41)49(61)45(57-51(63)67-3)33-13-7-5-8-14-33)19-21-37(43)38-22-20-36(30-44(38)70-28-26-66-2)40-32-54-48(56-40)42-18-12-24-60(42)50(62)46(58-52(64)68-4)34-15-9-6-10-16-34/h19-22,29-34,41-42,45-46H,5-18,23-28H2,1-4H3,(H,53,55)(H,54,56)(H,57,63)(H,58,64). The van der Waals surface area contributed by atoms with E-state index in [9.17, 15) is 19.2 Å². The molecule has 4 fully saturated rings. The third kappa shape index (κ3) is 11.7. The number of hydrogen-bond donors (Lipinski definition) is 4. The second-order valence-corrected chi connectivity index (χ2v) is 18.9. The van der Waals surface area contributed by atoms with Crippen molar-refractivity contribution in [2.45, 2.75) is 114 Å². The first-order valence-corrected chi connectivity index (χ1v) is 25.1. The van der Waals surface area contributed by atoms with E-state index >= 15 is 0 Å². The van der Waals surface area contributed by atoms with Crippen molar-refractivity contribution in [1.82, 2.24) is 40.4 Å². The summed E-state index contributed by atoms with van der Waals surface area (Å²) in [6.45, 7) is 2.51. The highest BCUT2D eigenvalue weighted by Gasteiger charge is 2.41. The molecule has 4 atom stereocenters. The number of carbonyl (C=O) groups is 4. The summed E-state index contributed by atoms with van der Waals surface area (Å²) in [6.07, 6.45) is 15.5. The minimum Gasteiger partial charge on any atom is -0.491 e. The van der Waals surface area contributed by atoms with Crippen LogP contribution in [0.25, 0.3) is 33.6 Å². The number of carbonyl (C=O) groups excluding carboxylic acids is 4. The number of rotatable bonds is 19. The van der Waals surface area contributed by atoms with Gasteiger partial charge in [-0.1, -0.05) is 50.7 Å². The molecule has 0 radical (unpaired) electrons. The van der Waals surface area contributed by atoms with Gasteiger partial charge in [-0.3, -0.25) is 9.59 Å². The van der Waals surface area contributed by atoms with E-state index in [4.69, 9.17) is 38.4 Å². The van der Waals surface area contributed by atoms with Crippen LogP contribution in [0.4, 0.5) is 9.59 Å². The second-order valence-electron chi connectivity index (χ2n) is 18.9. The van der Waals surface area contributed by atoms with Crippen LogP contribution in [0.2, 0.25) is 0 Å². The molecule has 0 spiro atoms. The molecule has 4 heterocycles. The molecule has 0 bridgehead atoms. The maximum atomic E-state index is 14.2. The molecule has 70 heavy (non-hydrogen) atoms. The second kappa shape index (κ2) is 24.1. The van der Waals surface area contributed by atoms with E-state index in [-0.39, 0.29) is 35.7 Å². The van der Waals surface area contributed by atoms with Gasteiger partial charge in [0.25, 0.3) is 0 Å². The van der Waals surface area contributed by atoms with Gasteiger partial charge < -0.3 is 58.8 Å². The summed E-state index contributed by atoms with van der Waals surface area (Å²) in [5.74, 6) is 2.51. The number of alkyl carbamates (subject to hydrolysis) is 2. The highest BCUT2D eigenvalue weighted by atomic mass is 16.5. The van der Waals surface area contributed by atoms with E-state index in [1.54, 1.807) is 26.6 Å². The van der Waals surface area contributed by atoms with Crippen molar-refractivity contribution in [3.8, 4) is 45.1 Å². The smallest absolute Gasteiger partial charge is 0.407 e. The van der Waals surface area contributed by atoms with Crippen LogP contribution in [0.3, 0.4) is 0 Å². The normalized spacial score (nSPS) is 19.7. The van der Waals surface area contributed by atoms with Gasteiger partial charge >= 0.3 is 12.2 Å². The fraction of sp³-hybridized carbons (Fsp3) is 0.577. The summed E-state index contributed by atoms with van der Waals surface area (Å²) >= 11 is 0. The number of ether oxygens (including phenoxy) is 6. The Hall–Kier alpha value is -6.14. The Morgan fingerprint density at radius 1 is 0.571 bits per heavy atom. The number of benzene rings is 2. The predicted octanol–water partition coefficient (Wildman–Crippen LogP) is 8.12. The number of nitrogens with zero attached hydrogens (tertiary/aromatic N) is 4. The third-order valence-electron chi connectivity index (χ3n) is 14.6. The van der Waals surface area contributed by atoms with Crippen LogP contribution in [0.1, 0.15) is 114 Å². The zero-order valence-electron chi connectivity index (χ0n) is 41.1. The first kappa shape index (κ1) is 50.3. The molecule has 2 saturated carbocycles. The molecule has 18 heteroatoms. The molecule has 4 N–H and O–H groups in total. The van der Waals surface area contributed by atoms with Crippen molar-refractivity contribution in [2.75, 3.05) is 68.0 Å². The van der Waals surface area contributed by atoms with Crippen LogP contribution < -0.4 is 20.1 Å². The predicted molar refractivity (Wildman–Crippen MR) is 261 cm³/mol. The minimum atomic E-state index is -0.653. The molecular weight excluding hydrogens is 897 g/mol. The number of aromatic amines is 2. The van der Waals surface area contributed by atoms with E-state index in [1.165, 1.54) is 14.2 Å². The number of amides is 4. The van der Waals surface area contributed by atoms with Crippen molar-refractivity contribution in [3.05, 3.63) is 60.4 Å². The van der Waals surface area contributed by atoms with Crippen LogP contribution in [0.15, 0.2) is 48.8 Å². The van der Waals surface area contributed by atoms with Crippen LogP contribution in [0, 0.1) is 11.8 Å². The Kier molecular flexibility index (Phi) is 17.3. The Bertz CT molecular complexity index is 2230. The summed E-state index contributed by atoms with van der Waals surface area (Å²) in [7, 11) is 5.91. The van der Waals surface area contributed by atoms with Crippen LogP contribution in [-0.4, -0.2) is 134 Å². The highest BCUT2D eigenvalue weighted by Crippen LogP contribution is 2.42. The minimum absolute atomic E-state index is 0.0552. The van der Waals surface area contributed by atoms with Crippen molar-refractivity contribution >= 4 is 24.0 Å². The number of hydrogen-bond acceptors (Lipinski definition) is 12. The van der Waals surface area contributed by atoms with Crippen molar-refractivity contribution < 1.29 is 47.6 Å². The van der Waals surface area contributed by atoms with Crippen LogP contribution >= 0.6 is 0 Å². The molecule has 378 valence electrons. The van der Waals surface area contributed by atoms with Gasteiger partial charge in [0.05, 0.1) is 63.3 Å². The SMILES string of the molecule is COCCOc1cc(-c2cnc(C3CCCN3C(=O)C(NC(=O)OC)C3CCCCC3)[nH]2)ccc1-c1ccc(-c2cnc(C3CCCN3C(=O)C(NC(=O)OC)C3CCCCC3)[nH]2)cc1OCCOC. The zero-order valence-corrected chi connectivity index (χ0v) is 41.1. The van der Waals surface area contributed by atoms with Crippen molar-refractivity contribution in [3.63, 3.8) is 0 Å². The molecule has 2 aliphatic carbocycles. The Morgan fingerprint density at radius 2 is 0.986 bits per heavy atom. The lowest BCUT2D eigenvalue weighted by Gasteiger charge is -2.34. The number of methoxy groups -OCH3 is 4. The van der Waals surface area contributed by atoms with Gasteiger partial charge in [-0.15, -0.1) is 0 Å². The number of likely N-dealkylation sites (tertiary alicyclic amines) is 2. The number of aromatic nitrogens is 4. The van der Waals surface area contributed by atoms with Crippen LogP contribution in [0.5, 0.6) is 11.5 Å². The molecule has 4 aromatic rings. The summed E-state index contributed by atoms with van der Waals surface area (Å²) in [4.78, 5) is 73.8. The molecular formula is C52H70N8O10. The van der Waals surface area contributed by atoms with Gasteiger partial charge in [0.1, 0.15) is 48.4 Å².